The first-order valence-corrected chi connectivity index (χ1v) is 7.92. The fourth-order valence-corrected chi connectivity index (χ4v) is 3.00. The average molecular weight is 253 g/mol. The van der Waals surface area contributed by atoms with Gasteiger partial charge < -0.3 is 5.32 Å². The minimum absolute atomic E-state index is 0.377. The van der Waals surface area contributed by atoms with Crippen LogP contribution in [0.5, 0.6) is 0 Å². The molecule has 0 radical (unpaired) electrons. The summed E-state index contributed by atoms with van der Waals surface area (Å²) in [4.78, 5) is 0.377. The smallest absolute Gasteiger partial charge is 0.175 e. The number of sulfone groups is 1. The van der Waals surface area contributed by atoms with Crippen molar-refractivity contribution in [2.45, 2.75) is 37.1 Å². The molecule has 2 rings (SSSR count). The highest BCUT2D eigenvalue weighted by Gasteiger charge is 2.22. The van der Waals surface area contributed by atoms with Crippen LogP contribution in [0.25, 0.3) is 0 Å². The van der Waals surface area contributed by atoms with Crippen molar-refractivity contribution in [1.82, 2.24) is 0 Å². The predicted octanol–water partition coefficient (Wildman–Crippen LogP) is 2.69. The van der Waals surface area contributed by atoms with Crippen molar-refractivity contribution < 1.29 is 8.42 Å². The van der Waals surface area contributed by atoms with Crippen LogP contribution < -0.4 is 5.32 Å². The SMILES string of the molecule is CC1CCCC1Nc1ccc(S(C)(=O)=O)cc1. The molecule has 0 heterocycles. The Labute approximate surface area is 103 Å². The van der Waals surface area contributed by atoms with Gasteiger partial charge in [-0.1, -0.05) is 13.3 Å². The van der Waals surface area contributed by atoms with Crippen LogP contribution in [-0.2, 0) is 9.84 Å². The lowest BCUT2D eigenvalue weighted by atomic mass is 10.1. The monoisotopic (exact) mass is 253 g/mol. The van der Waals surface area contributed by atoms with Crippen LogP contribution in [0.4, 0.5) is 5.69 Å². The zero-order valence-corrected chi connectivity index (χ0v) is 11.1. The lowest BCUT2D eigenvalue weighted by molar-refractivity contribution is 0.556. The zero-order valence-electron chi connectivity index (χ0n) is 10.3. The molecule has 4 heteroatoms. The number of nitrogens with one attached hydrogen (secondary N) is 1. The van der Waals surface area contributed by atoms with Gasteiger partial charge >= 0.3 is 0 Å². The highest BCUT2D eigenvalue weighted by molar-refractivity contribution is 7.90. The summed E-state index contributed by atoms with van der Waals surface area (Å²) in [5.74, 6) is 0.699. The first-order chi connectivity index (χ1) is 7.97. The zero-order chi connectivity index (χ0) is 12.5. The standard InChI is InChI=1S/C13H19NO2S/c1-10-4-3-5-13(10)14-11-6-8-12(9-7-11)17(2,15)16/h6-10,13-14H,3-5H2,1-2H3. The third-order valence-electron chi connectivity index (χ3n) is 3.50. The number of hydrogen-bond acceptors (Lipinski definition) is 3. The molecule has 1 N–H and O–H groups in total. The summed E-state index contributed by atoms with van der Waals surface area (Å²) in [7, 11) is -3.09. The maximum absolute atomic E-state index is 11.3. The average Bonchev–Trinajstić information content (AvgIpc) is 2.64. The van der Waals surface area contributed by atoms with Crippen molar-refractivity contribution >= 4 is 15.5 Å². The summed E-state index contributed by atoms with van der Waals surface area (Å²) in [6.07, 6.45) is 4.99. The van der Waals surface area contributed by atoms with Crippen molar-refractivity contribution in [2.75, 3.05) is 11.6 Å². The molecule has 1 aliphatic carbocycles. The fraction of sp³-hybridized carbons (Fsp3) is 0.538. The van der Waals surface area contributed by atoms with Gasteiger partial charge in [0.2, 0.25) is 0 Å². The van der Waals surface area contributed by atoms with Gasteiger partial charge in [-0.25, -0.2) is 8.42 Å². The van der Waals surface area contributed by atoms with E-state index in [1.165, 1.54) is 25.5 Å². The Kier molecular flexibility index (Phi) is 3.43. The van der Waals surface area contributed by atoms with Crippen LogP contribution in [0.1, 0.15) is 26.2 Å². The highest BCUT2D eigenvalue weighted by Crippen LogP contribution is 2.28. The van der Waals surface area contributed by atoms with Crippen molar-refractivity contribution in [3.63, 3.8) is 0 Å². The summed E-state index contributed by atoms with van der Waals surface area (Å²) in [5.41, 5.74) is 1.01. The third kappa shape index (κ3) is 3.00. The molecule has 2 unspecified atom stereocenters. The number of benzene rings is 1. The molecular weight excluding hydrogens is 234 g/mol. The Morgan fingerprint density at radius 2 is 1.82 bits per heavy atom. The summed E-state index contributed by atoms with van der Waals surface area (Å²) in [6, 6.07) is 7.55. The second-order valence-electron chi connectivity index (χ2n) is 4.96. The molecule has 0 bridgehead atoms. The molecule has 0 saturated heterocycles. The second kappa shape index (κ2) is 4.69. The van der Waals surface area contributed by atoms with Crippen molar-refractivity contribution in [3.05, 3.63) is 24.3 Å². The van der Waals surface area contributed by atoms with E-state index in [-0.39, 0.29) is 0 Å². The van der Waals surface area contributed by atoms with Crippen LogP contribution in [-0.4, -0.2) is 20.7 Å². The van der Waals surface area contributed by atoms with Crippen LogP contribution in [0.3, 0.4) is 0 Å². The minimum Gasteiger partial charge on any atom is -0.382 e. The third-order valence-corrected chi connectivity index (χ3v) is 4.62. The van der Waals surface area contributed by atoms with Crippen molar-refractivity contribution in [2.24, 2.45) is 5.92 Å². The van der Waals surface area contributed by atoms with Crippen LogP contribution in [0.2, 0.25) is 0 Å². The quantitative estimate of drug-likeness (QED) is 0.901. The van der Waals surface area contributed by atoms with Crippen molar-refractivity contribution in [1.29, 1.82) is 0 Å². The van der Waals surface area contributed by atoms with E-state index >= 15 is 0 Å². The largest absolute Gasteiger partial charge is 0.382 e. The Morgan fingerprint density at radius 1 is 1.18 bits per heavy atom. The lowest BCUT2D eigenvalue weighted by Gasteiger charge is -2.18. The molecule has 1 aromatic rings. The molecule has 1 aromatic carbocycles. The lowest BCUT2D eigenvalue weighted by Crippen LogP contribution is -2.21. The molecule has 17 heavy (non-hydrogen) atoms. The van der Waals surface area contributed by atoms with Crippen molar-refractivity contribution in [3.8, 4) is 0 Å². The Hall–Kier alpha value is -1.03. The Morgan fingerprint density at radius 3 is 2.29 bits per heavy atom. The van der Waals surface area contributed by atoms with Gasteiger partial charge in [0.05, 0.1) is 4.90 Å². The van der Waals surface area contributed by atoms with E-state index in [0.717, 1.165) is 5.69 Å². The summed E-state index contributed by atoms with van der Waals surface area (Å²) < 4.78 is 22.6. The molecule has 0 aromatic heterocycles. The van der Waals surface area contributed by atoms with E-state index in [9.17, 15) is 8.42 Å². The maximum atomic E-state index is 11.3. The molecule has 0 spiro atoms. The van der Waals surface area contributed by atoms with Gasteiger partial charge in [-0.15, -0.1) is 0 Å². The number of anilines is 1. The first-order valence-electron chi connectivity index (χ1n) is 6.03. The van der Waals surface area contributed by atoms with Gasteiger partial charge in [0.25, 0.3) is 0 Å². The predicted molar refractivity (Wildman–Crippen MR) is 70.0 cm³/mol. The van der Waals surface area contributed by atoms with E-state index in [1.54, 1.807) is 12.1 Å². The van der Waals surface area contributed by atoms with E-state index < -0.39 is 9.84 Å². The van der Waals surface area contributed by atoms with Gasteiger partial charge in [-0.2, -0.15) is 0 Å². The topological polar surface area (TPSA) is 46.2 Å². The molecular formula is C13H19NO2S. The maximum Gasteiger partial charge on any atom is 0.175 e. The molecule has 1 fully saturated rings. The first kappa shape index (κ1) is 12.4. The van der Waals surface area contributed by atoms with Gasteiger partial charge in [0.1, 0.15) is 0 Å². The molecule has 2 atom stereocenters. The molecule has 3 nitrogen and oxygen atoms in total. The summed E-state index contributed by atoms with van der Waals surface area (Å²) in [5, 5.41) is 3.47. The van der Waals surface area contributed by atoms with Crippen LogP contribution >= 0.6 is 0 Å². The molecule has 1 aliphatic rings. The summed E-state index contributed by atoms with van der Waals surface area (Å²) >= 11 is 0. The Balaban J connectivity index is 2.08. The normalized spacial score (nSPS) is 24.8. The highest BCUT2D eigenvalue weighted by atomic mass is 32.2. The van der Waals surface area contributed by atoms with Gasteiger partial charge in [-0.05, 0) is 43.0 Å². The van der Waals surface area contributed by atoms with Gasteiger partial charge in [-0.3, -0.25) is 0 Å². The van der Waals surface area contributed by atoms with Gasteiger partial charge in [0.15, 0.2) is 9.84 Å². The molecule has 0 amide bonds. The molecule has 94 valence electrons. The Bertz CT molecular complexity index is 479. The van der Waals surface area contributed by atoms with Gasteiger partial charge in [0, 0.05) is 18.0 Å². The minimum atomic E-state index is -3.09. The second-order valence-corrected chi connectivity index (χ2v) is 6.97. The molecule has 1 saturated carbocycles. The summed E-state index contributed by atoms with van der Waals surface area (Å²) in [6.45, 7) is 2.26. The van der Waals surface area contributed by atoms with E-state index in [0.29, 0.717) is 16.9 Å². The van der Waals surface area contributed by atoms with E-state index in [2.05, 4.69) is 12.2 Å². The van der Waals surface area contributed by atoms with Crippen LogP contribution in [0.15, 0.2) is 29.2 Å². The number of rotatable bonds is 3. The van der Waals surface area contributed by atoms with E-state index in [4.69, 9.17) is 0 Å². The molecule has 0 aliphatic heterocycles. The fourth-order valence-electron chi connectivity index (χ4n) is 2.37. The van der Waals surface area contributed by atoms with Crippen LogP contribution in [0, 0.1) is 5.92 Å². The van der Waals surface area contributed by atoms with E-state index in [1.807, 2.05) is 12.1 Å². The number of hydrogen-bond donors (Lipinski definition) is 1.